The zero-order valence-electron chi connectivity index (χ0n) is 12.2. The first-order chi connectivity index (χ1) is 9.24. The number of oxime groups is 1. The van der Waals surface area contributed by atoms with Crippen molar-refractivity contribution >= 4 is 11.5 Å². The van der Waals surface area contributed by atoms with Crippen LogP contribution in [0.15, 0.2) is 5.16 Å². The number of hydrogen-bond acceptors (Lipinski definition) is 4. The molecule has 0 bridgehead atoms. The minimum atomic E-state index is 0.0366. The number of carbonyl (C=O) groups is 1. The Morgan fingerprint density at radius 3 is 2.00 bits per heavy atom. The number of ketones is 1. The van der Waals surface area contributed by atoms with E-state index in [4.69, 9.17) is 5.21 Å². The summed E-state index contributed by atoms with van der Waals surface area (Å²) in [6.45, 7) is 2.33. The molecule has 110 valence electrons. The van der Waals surface area contributed by atoms with Gasteiger partial charge in [0.25, 0.3) is 0 Å². The van der Waals surface area contributed by atoms with E-state index in [1.54, 1.807) is 0 Å². The molecule has 1 rings (SSSR count). The Morgan fingerprint density at radius 2 is 1.42 bits per heavy atom. The molecule has 1 fully saturated rings. The highest BCUT2D eigenvalue weighted by Gasteiger charge is 2.12. The van der Waals surface area contributed by atoms with Gasteiger partial charge < -0.3 is 10.1 Å². The monoisotopic (exact) mass is 268 g/mol. The van der Waals surface area contributed by atoms with Crippen LogP contribution < -0.4 is 0 Å². The fourth-order valence-corrected chi connectivity index (χ4v) is 2.55. The summed E-state index contributed by atoms with van der Waals surface area (Å²) in [6, 6.07) is 0. The Morgan fingerprint density at radius 1 is 0.895 bits per heavy atom. The van der Waals surface area contributed by atoms with Gasteiger partial charge in [-0.2, -0.15) is 0 Å². The summed E-state index contributed by atoms with van der Waals surface area (Å²) in [5, 5.41) is 12.1. The van der Waals surface area contributed by atoms with Gasteiger partial charge >= 0.3 is 0 Å². The molecule has 0 radical (unpaired) electrons. The molecule has 0 aromatic rings. The van der Waals surface area contributed by atoms with E-state index in [-0.39, 0.29) is 5.78 Å². The van der Waals surface area contributed by atoms with E-state index >= 15 is 0 Å². The van der Waals surface area contributed by atoms with Crippen LogP contribution in [-0.2, 0) is 4.79 Å². The van der Waals surface area contributed by atoms with Gasteiger partial charge in [-0.05, 0) is 52.2 Å². The number of nitrogens with zero attached hydrogens (tertiary/aromatic N) is 2. The highest BCUT2D eigenvalue weighted by Crippen LogP contribution is 2.10. The predicted molar refractivity (Wildman–Crippen MR) is 77.9 cm³/mol. The molecule has 1 saturated heterocycles. The third-order valence-electron chi connectivity index (χ3n) is 3.84. The second kappa shape index (κ2) is 9.96. The van der Waals surface area contributed by atoms with Crippen molar-refractivity contribution in [1.82, 2.24) is 4.90 Å². The smallest absolute Gasteiger partial charge is 0.180 e. The first-order valence-electron chi connectivity index (χ1n) is 7.66. The standard InChI is InChI=1S/C15H28N2O2/c1-17-12-8-4-2-6-10-14(16-19)15(18)11-7-3-5-9-13-17/h19H,2-13H2,1H3/b16-14-. The van der Waals surface area contributed by atoms with Gasteiger partial charge in [-0.3, -0.25) is 4.79 Å². The maximum atomic E-state index is 11.8. The fourth-order valence-electron chi connectivity index (χ4n) is 2.55. The molecule has 0 aromatic carbocycles. The molecule has 0 aliphatic carbocycles. The molecule has 4 heteroatoms. The summed E-state index contributed by atoms with van der Waals surface area (Å²) in [4.78, 5) is 14.2. The quantitative estimate of drug-likeness (QED) is 0.542. The van der Waals surface area contributed by atoms with Gasteiger partial charge in [0.2, 0.25) is 0 Å². The lowest BCUT2D eigenvalue weighted by Gasteiger charge is -2.16. The van der Waals surface area contributed by atoms with Crippen LogP contribution in [0.4, 0.5) is 0 Å². The van der Waals surface area contributed by atoms with Crippen LogP contribution in [0.2, 0.25) is 0 Å². The Kier molecular flexibility index (Phi) is 8.47. The average Bonchev–Trinajstić information content (AvgIpc) is 2.41. The molecule has 0 spiro atoms. The molecule has 0 saturated carbocycles. The molecule has 0 atom stereocenters. The molecular weight excluding hydrogens is 240 g/mol. The van der Waals surface area contributed by atoms with E-state index in [2.05, 4.69) is 17.1 Å². The summed E-state index contributed by atoms with van der Waals surface area (Å²) in [6.07, 6.45) is 10.1. The Balaban J connectivity index is 2.41. The van der Waals surface area contributed by atoms with Crippen molar-refractivity contribution in [2.24, 2.45) is 5.16 Å². The molecule has 4 nitrogen and oxygen atoms in total. The van der Waals surface area contributed by atoms with E-state index in [1.807, 2.05) is 0 Å². The van der Waals surface area contributed by atoms with E-state index < -0.39 is 0 Å². The molecule has 19 heavy (non-hydrogen) atoms. The van der Waals surface area contributed by atoms with Gasteiger partial charge in [-0.1, -0.05) is 30.8 Å². The van der Waals surface area contributed by atoms with Crippen molar-refractivity contribution in [2.75, 3.05) is 20.1 Å². The van der Waals surface area contributed by atoms with Crippen LogP contribution in [0.3, 0.4) is 0 Å². The Labute approximate surface area is 116 Å². The zero-order valence-corrected chi connectivity index (χ0v) is 12.2. The third kappa shape index (κ3) is 7.31. The highest BCUT2D eigenvalue weighted by molar-refractivity contribution is 6.39. The maximum Gasteiger partial charge on any atom is 0.180 e. The average molecular weight is 268 g/mol. The molecule has 0 aromatic heterocycles. The zero-order chi connectivity index (χ0) is 13.9. The predicted octanol–water partition coefficient (Wildman–Crippen LogP) is 3.23. The second-order valence-electron chi connectivity index (χ2n) is 5.60. The first-order valence-corrected chi connectivity index (χ1v) is 7.66. The van der Waals surface area contributed by atoms with Crippen molar-refractivity contribution in [3.8, 4) is 0 Å². The van der Waals surface area contributed by atoms with Crippen molar-refractivity contribution in [1.29, 1.82) is 0 Å². The van der Waals surface area contributed by atoms with E-state index in [9.17, 15) is 4.79 Å². The Bertz CT molecular complexity index is 290. The number of hydrogen-bond donors (Lipinski definition) is 1. The first kappa shape index (κ1) is 16.2. The van der Waals surface area contributed by atoms with Gasteiger partial charge in [0.05, 0.1) is 0 Å². The van der Waals surface area contributed by atoms with Gasteiger partial charge in [-0.15, -0.1) is 0 Å². The molecule has 1 aliphatic rings. The number of carbonyl (C=O) groups excluding carboxylic acids is 1. The van der Waals surface area contributed by atoms with Crippen LogP contribution in [0.1, 0.15) is 64.2 Å². The highest BCUT2D eigenvalue weighted by atomic mass is 16.4. The minimum Gasteiger partial charge on any atom is -0.411 e. The molecule has 1 aliphatic heterocycles. The molecule has 0 unspecified atom stereocenters. The maximum absolute atomic E-state index is 11.8. The van der Waals surface area contributed by atoms with Gasteiger partial charge in [0.15, 0.2) is 5.78 Å². The fraction of sp³-hybridized carbons (Fsp3) is 0.867. The summed E-state index contributed by atoms with van der Waals surface area (Å²) in [5.74, 6) is 0.0366. The lowest BCUT2D eigenvalue weighted by Crippen LogP contribution is -2.20. The third-order valence-corrected chi connectivity index (χ3v) is 3.84. The largest absolute Gasteiger partial charge is 0.411 e. The van der Waals surface area contributed by atoms with E-state index in [0.717, 1.165) is 32.2 Å². The summed E-state index contributed by atoms with van der Waals surface area (Å²) in [5.41, 5.74) is 0.381. The van der Waals surface area contributed by atoms with Crippen molar-refractivity contribution in [3.05, 3.63) is 0 Å². The van der Waals surface area contributed by atoms with Crippen LogP contribution in [0, 0.1) is 0 Å². The van der Waals surface area contributed by atoms with Gasteiger partial charge in [-0.25, -0.2) is 0 Å². The summed E-state index contributed by atoms with van der Waals surface area (Å²) < 4.78 is 0. The lowest BCUT2D eigenvalue weighted by atomic mass is 10.0. The van der Waals surface area contributed by atoms with Crippen LogP contribution in [0.5, 0.6) is 0 Å². The summed E-state index contributed by atoms with van der Waals surface area (Å²) in [7, 11) is 2.19. The lowest BCUT2D eigenvalue weighted by molar-refractivity contribution is -0.113. The number of rotatable bonds is 0. The molecular formula is C15H28N2O2. The van der Waals surface area contributed by atoms with Crippen molar-refractivity contribution in [3.63, 3.8) is 0 Å². The number of Topliss-reactive ketones (excluding diaryl/α,β-unsaturated/α-hetero) is 1. The molecule has 1 N–H and O–H groups in total. The van der Waals surface area contributed by atoms with E-state index in [1.165, 1.54) is 32.2 Å². The van der Waals surface area contributed by atoms with Crippen LogP contribution >= 0.6 is 0 Å². The van der Waals surface area contributed by atoms with Crippen LogP contribution in [0.25, 0.3) is 0 Å². The van der Waals surface area contributed by atoms with E-state index in [0.29, 0.717) is 18.6 Å². The molecule has 1 heterocycles. The Hall–Kier alpha value is -0.900. The molecule has 0 amide bonds. The van der Waals surface area contributed by atoms with Crippen molar-refractivity contribution < 1.29 is 10.0 Å². The second-order valence-corrected chi connectivity index (χ2v) is 5.60. The topological polar surface area (TPSA) is 52.9 Å². The van der Waals surface area contributed by atoms with Crippen LogP contribution in [-0.4, -0.2) is 41.7 Å². The SMILES string of the molecule is CN1CCCCCCC(=O)/C(=N\O)CCCCCC1. The van der Waals surface area contributed by atoms with Gasteiger partial charge in [0.1, 0.15) is 5.71 Å². The normalized spacial score (nSPS) is 24.9. The van der Waals surface area contributed by atoms with Gasteiger partial charge in [0, 0.05) is 6.42 Å². The van der Waals surface area contributed by atoms with Crippen molar-refractivity contribution in [2.45, 2.75) is 64.2 Å². The minimum absolute atomic E-state index is 0.0366. The summed E-state index contributed by atoms with van der Waals surface area (Å²) >= 11 is 0.